The minimum Gasteiger partial charge on any atom is -0.402 e. The normalized spacial score (nSPS) is 22.1. The van der Waals surface area contributed by atoms with Crippen molar-refractivity contribution in [3.63, 3.8) is 0 Å². The van der Waals surface area contributed by atoms with Crippen molar-refractivity contribution >= 4 is 0 Å². The first kappa shape index (κ1) is 8.12. The van der Waals surface area contributed by atoms with E-state index in [4.69, 9.17) is 5.73 Å². The average molecular weight is 149 g/mol. The van der Waals surface area contributed by atoms with Crippen molar-refractivity contribution in [1.82, 2.24) is 0 Å². The van der Waals surface area contributed by atoms with Crippen molar-refractivity contribution in [3.05, 3.63) is 36.6 Å². The highest BCUT2D eigenvalue weighted by molar-refractivity contribution is 5.23. The van der Waals surface area contributed by atoms with E-state index in [-0.39, 0.29) is 0 Å². The van der Waals surface area contributed by atoms with Crippen LogP contribution in [0.3, 0.4) is 0 Å². The van der Waals surface area contributed by atoms with Gasteiger partial charge in [-0.2, -0.15) is 0 Å². The smallest absolute Gasteiger partial charge is 0.0141 e. The summed E-state index contributed by atoms with van der Waals surface area (Å²) in [6.07, 6.45) is 10.0. The average Bonchev–Trinajstić information content (AvgIpc) is 2.70. The third-order valence-corrected chi connectivity index (χ3v) is 2.22. The van der Waals surface area contributed by atoms with Gasteiger partial charge in [-0.15, -0.1) is 0 Å². The SMILES string of the molecule is C=C/C=C\C=C(/N)C1(C)CC1. The van der Waals surface area contributed by atoms with Gasteiger partial charge in [0.25, 0.3) is 0 Å². The molecule has 0 aliphatic heterocycles. The summed E-state index contributed by atoms with van der Waals surface area (Å²) in [6.45, 7) is 5.77. The van der Waals surface area contributed by atoms with Gasteiger partial charge >= 0.3 is 0 Å². The fourth-order valence-electron chi connectivity index (χ4n) is 0.915. The third kappa shape index (κ3) is 1.97. The highest BCUT2D eigenvalue weighted by Gasteiger charge is 2.39. The maximum Gasteiger partial charge on any atom is 0.0141 e. The van der Waals surface area contributed by atoms with E-state index in [0.717, 1.165) is 5.70 Å². The van der Waals surface area contributed by atoms with Crippen molar-refractivity contribution in [1.29, 1.82) is 0 Å². The number of hydrogen-bond acceptors (Lipinski definition) is 1. The molecule has 0 aromatic heterocycles. The standard InChI is InChI=1S/C10H15N/c1-3-4-5-6-9(11)10(2)7-8-10/h3-6H,1,7-8,11H2,2H3/b5-4-,9-6-. The van der Waals surface area contributed by atoms with Gasteiger partial charge in [0.05, 0.1) is 0 Å². The Morgan fingerprint density at radius 1 is 1.45 bits per heavy atom. The van der Waals surface area contributed by atoms with E-state index in [1.807, 2.05) is 18.2 Å². The molecule has 0 atom stereocenters. The zero-order valence-corrected chi connectivity index (χ0v) is 7.01. The van der Waals surface area contributed by atoms with Crippen LogP contribution in [-0.2, 0) is 0 Å². The molecule has 1 rings (SSSR count). The second-order valence-corrected chi connectivity index (χ2v) is 3.30. The summed E-state index contributed by atoms with van der Waals surface area (Å²) >= 11 is 0. The van der Waals surface area contributed by atoms with Gasteiger partial charge in [0, 0.05) is 11.1 Å². The van der Waals surface area contributed by atoms with Crippen molar-refractivity contribution in [2.75, 3.05) is 0 Å². The van der Waals surface area contributed by atoms with Gasteiger partial charge < -0.3 is 5.73 Å². The molecule has 0 spiro atoms. The number of rotatable bonds is 3. The van der Waals surface area contributed by atoms with Crippen LogP contribution < -0.4 is 5.73 Å². The Balaban J connectivity index is 2.52. The van der Waals surface area contributed by atoms with Gasteiger partial charge in [0.15, 0.2) is 0 Å². The molecule has 1 aliphatic carbocycles. The molecule has 0 radical (unpaired) electrons. The maximum atomic E-state index is 5.83. The second-order valence-electron chi connectivity index (χ2n) is 3.30. The Morgan fingerprint density at radius 3 is 2.55 bits per heavy atom. The van der Waals surface area contributed by atoms with Gasteiger partial charge in [0.1, 0.15) is 0 Å². The monoisotopic (exact) mass is 149 g/mol. The van der Waals surface area contributed by atoms with Crippen LogP contribution >= 0.6 is 0 Å². The molecule has 0 heterocycles. The Labute approximate surface area is 68.3 Å². The molecule has 0 bridgehead atoms. The maximum absolute atomic E-state index is 5.83. The molecule has 11 heavy (non-hydrogen) atoms. The molecule has 0 saturated heterocycles. The summed E-state index contributed by atoms with van der Waals surface area (Å²) < 4.78 is 0. The van der Waals surface area contributed by atoms with E-state index in [1.165, 1.54) is 12.8 Å². The summed E-state index contributed by atoms with van der Waals surface area (Å²) in [6, 6.07) is 0. The molecule has 2 N–H and O–H groups in total. The van der Waals surface area contributed by atoms with E-state index < -0.39 is 0 Å². The lowest BCUT2D eigenvalue weighted by Gasteiger charge is -2.06. The quantitative estimate of drug-likeness (QED) is 0.612. The van der Waals surface area contributed by atoms with Crippen molar-refractivity contribution in [2.45, 2.75) is 19.8 Å². The van der Waals surface area contributed by atoms with Crippen LogP contribution in [0.15, 0.2) is 36.6 Å². The van der Waals surface area contributed by atoms with Crippen LogP contribution in [0.1, 0.15) is 19.8 Å². The lowest BCUT2D eigenvalue weighted by atomic mass is 10.1. The van der Waals surface area contributed by atoms with Crippen LogP contribution in [0.4, 0.5) is 0 Å². The first-order chi connectivity index (χ1) is 5.19. The molecule has 1 saturated carbocycles. The highest BCUT2D eigenvalue weighted by atomic mass is 14.7. The molecule has 1 fully saturated rings. The first-order valence-corrected chi connectivity index (χ1v) is 3.94. The molecule has 0 aromatic rings. The van der Waals surface area contributed by atoms with Gasteiger partial charge in [-0.05, 0) is 18.9 Å². The van der Waals surface area contributed by atoms with E-state index in [9.17, 15) is 0 Å². The number of nitrogens with two attached hydrogens (primary N) is 1. The number of allylic oxidation sites excluding steroid dienone is 5. The van der Waals surface area contributed by atoms with Crippen LogP contribution in [0, 0.1) is 5.41 Å². The van der Waals surface area contributed by atoms with E-state index in [1.54, 1.807) is 6.08 Å². The Hall–Kier alpha value is -0.980. The van der Waals surface area contributed by atoms with Crippen LogP contribution in [0.25, 0.3) is 0 Å². The molecule has 1 aliphatic rings. The molecular formula is C10H15N. The molecule has 0 amide bonds. The second kappa shape index (κ2) is 2.95. The fourth-order valence-corrected chi connectivity index (χ4v) is 0.915. The summed E-state index contributed by atoms with van der Waals surface area (Å²) in [5.41, 5.74) is 7.14. The van der Waals surface area contributed by atoms with Gasteiger partial charge in [-0.25, -0.2) is 0 Å². The van der Waals surface area contributed by atoms with E-state index in [0.29, 0.717) is 5.41 Å². The van der Waals surface area contributed by atoms with Crippen LogP contribution in [0.5, 0.6) is 0 Å². The highest BCUT2D eigenvalue weighted by Crippen LogP contribution is 2.49. The summed E-state index contributed by atoms with van der Waals surface area (Å²) in [5.74, 6) is 0. The van der Waals surface area contributed by atoms with E-state index >= 15 is 0 Å². The third-order valence-electron chi connectivity index (χ3n) is 2.22. The molecule has 1 heteroatoms. The summed E-state index contributed by atoms with van der Waals surface area (Å²) in [5, 5.41) is 0. The van der Waals surface area contributed by atoms with E-state index in [2.05, 4.69) is 13.5 Å². The minimum atomic E-state index is 0.311. The van der Waals surface area contributed by atoms with Gasteiger partial charge in [-0.3, -0.25) is 0 Å². The summed E-state index contributed by atoms with van der Waals surface area (Å²) in [4.78, 5) is 0. The fraction of sp³-hybridized carbons (Fsp3) is 0.400. The Bertz CT molecular complexity index is 207. The first-order valence-electron chi connectivity index (χ1n) is 3.94. The predicted octanol–water partition coefficient (Wildman–Crippen LogP) is 2.37. The zero-order valence-electron chi connectivity index (χ0n) is 7.01. The molecule has 1 nitrogen and oxygen atoms in total. The van der Waals surface area contributed by atoms with Crippen LogP contribution in [0.2, 0.25) is 0 Å². The molecular weight excluding hydrogens is 134 g/mol. The topological polar surface area (TPSA) is 26.0 Å². The molecule has 0 unspecified atom stereocenters. The van der Waals surface area contributed by atoms with Crippen molar-refractivity contribution in [2.24, 2.45) is 11.1 Å². The van der Waals surface area contributed by atoms with Crippen molar-refractivity contribution < 1.29 is 0 Å². The number of hydrogen-bond donors (Lipinski definition) is 1. The van der Waals surface area contributed by atoms with Crippen LogP contribution in [-0.4, -0.2) is 0 Å². The molecule has 0 aromatic carbocycles. The van der Waals surface area contributed by atoms with Gasteiger partial charge in [0.2, 0.25) is 0 Å². The summed E-state index contributed by atoms with van der Waals surface area (Å²) in [7, 11) is 0. The lowest BCUT2D eigenvalue weighted by Crippen LogP contribution is -2.08. The lowest BCUT2D eigenvalue weighted by molar-refractivity contribution is 0.679. The zero-order chi connectivity index (χ0) is 8.32. The Morgan fingerprint density at radius 2 is 2.09 bits per heavy atom. The van der Waals surface area contributed by atoms with Crippen molar-refractivity contribution in [3.8, 4) is 0 Å². The molecule has 60 valence electrons. The predicted molar refractivity (Wildman–Crippen MR) is 48.9 cm³/mol. The van der Waals surface area contributed by atoms with Gasteiger partial charge in [-0.1, -0.05) is 31.7 Å². The largest absolute Gasteiger partial charge is 0.402 e. The minimum absolute atomic E-state index is 0.311. The Kier molecular flexibility index (Phi) is 2.18.